The lowest BCUT2D eigenvalue weighted by atomic mass is 9.88. The Morgan fingerprint density at radius 2 is 1.83 bits per heavy atom. The van der Waals surface area contributed by atoms with E-state index in [0.717, 1.165) is 30.4 Å². The van der Waals surface area contributed by atoms with Gasteiger partial charge in [0.15, 0.2) is 0 Å². The van der Waals surface area contributed by atoms with Gasteiger partial charge in [-0.15, -0.1) is 6.58 Å². The van der Waals surface area contributed by atoms with Crippen molar-refractivity contribution in [3.05, 3.63) is 82.4 Å². The van der Waals surface area contributed by atoms with Gasteiger partial charge in [0.25, 0.3) is 5.91 Å². The number of benzene rings is 2. The van der Waals surface area contributed by atoms with Gasteiger partial charge in [-0.3, -0.25) is 4.79 Å². The van der Waals surface area contributed by atoms with Crippen molar-refractivity contribution < 1.29 is 9.53 Å². The van der Waals surface area contributed by atoms with Gasteiger partial charge < -0.3 is 9.64 Å². The summed E-state index contributed by atoms with van der Waals surface area (Å²) in [5.74, 6) is 0.0217. The van der Waals surface area contributed by atoms with Crippen molar-refractivity contribution in [2.75, 3.05) is 0 Å². The molecule has 0 spiro atoms. The lowest BCUT2D eigenvalue weighted by Gasteiger charge is -2.48. The molecule has 1 aliphatic rings. The van der Waals surface area contributed by atoms with Crippen LogP contribution in [0.4, 0.5) is 0 Å². The van der Waals surface area contributed by atoms with Gasteiger partial charge in [-0.25, -0.2) is 0 Å². The van der Waals surface area contributed by atoms with Crippen LogP contribution >= 0.6 is 23.2 Å². The zero-order valence-electron chi connectivity index (χ0n) is 17.6. The standard InChI is InChI=1S/C25H29Cl2NO2/c1-4-8-21(6-3)28-23(17-12-14-19(26)15-13-17)24(18-10-7-11-20(27)16-18)30-22(9-5-2)25(28)29/h5,7,10-16,21-24H,2,4,6,8-9H2,1,3H3/t21?,22-,23+,24-/m1/s1. The van der Waals surface area contributed by atoms with E-state index < -0.39 is 6.10 Å². The highest BCUT2D eigenvalue weighted by Gasteiger charge is 2.45. The van der Waals surface area contributed by atoms with Crippen LogP contribution in [0.1, 0.15) is 62.8 Å². The highest BCUT2D eigenvalue weighted by atomic mass is 35.5. The Hall–Kier alpha value is -1.81. The molecule has 3 rings (SSSR count). The molecule has 5 heteroatoms. The lowest BCUT2D eigenvalue weighted by molar-refractivity contribution is -0.179. The minimum absolute atomic E-state index is 0.0217. The van der Waals surface area contributed by atoms with E-state index in [-0.39, 0.29) is 24.1 Å². The second-order valence-corrected chi connectivity index (χ2v) is 8.59. The predicted molar refractivity (Wildman–Crippen MR) is 124 cm³/mol. The molecule has 30 heavy (non-hydrogen) atoms. The molecule has 1 fully saturated rings. The maximum atomic E-state index is 13.6. The first-order valence-corrected chi connectivity index (χ1v) is 11.3. The number of nitrogens with zero attached hydrogens (tertiary/aromatic N) is 1. The van der Waals surface area contributed by atoms with Crippen LogP contribution in [0.5, 0.6) is 0 Å². The Morgan fingerprint density at radius 3 is 2.43 bits per heavy atom. The third-order valence-electron chi connectivity index (χ3n) is 5.68. The van der Waals surface area contributed by atoms with Crippen molar-refractivity contribution in [2.24, 2.45) is 0 Å². The quantitative estimate of drug-likeness (QED) is 0.403. The molecule has 1 heterocycles. The smallest absolute Gasteiger partial charge is 0.252 e. The Bertz CT molecular complexity index is 868. The van der Waals surface area contributed by atoms with Crippen LogP contribution in [0.15, 0.2) is 61.2 Å². The van der Waals surface area contributed by atoms with Crippen LogP contribution in [0.25, 0.3) is 0 Å². The van der Waals surface area contributed by atoms with Crippen LogP contribution < -0.4 is 0 Å². The van der Waals surface area contributed by atoms with Crippen molar-refractivity contribution in [3.8, 4) is 0 Å². The van der Waals surface area contributed by atoms with Gasteiger partial charge in [0.1, 0.15) is 12.2 Å². The summed E-state index contributed by atoms with van der Waals surface area (Å²) in [5.41, 5.74) is 1.96. The molecule has 2 aromatic rings. The zero-order chi connectivity index (χ0) is 21.7. The number of hydrogen-bond acceptors (Lipinski definition) is 2. The van der Waals surface area contributed by atoms with Gasteiger partial charge in [-0.05, 0) is 48.2 Å². The summed E-state index contributed by atoms with van der Waals surface area (Å²) in [4.78, 5) is 15.6. The van der Waals surface area contributed by atoms with E-state index in [1.165, 1.54) is 0 Å². The van der Waals surface area contributed by atoms with Crippen molar-refractivity contribution >= 4 is 29.1 Å². The number of rotatable bonds is 8. The molecule has 0 bridgehead atoms. The highest BCUT2D eigenvalue weighted by Crippen LogP contribution is 2.45. The number of amides is 1. The third-order valence-corrected chi connectivity index (χ3v) is 6.17. The fraction of sp³-hybridized carbons (Fsp3) is 0.400. The number of carbonyl (C=O) groups excluding carboxylic acids is 1. The van der Waals surface area contributed by atoms with Crippen LogP contribution in [-0.2, 0) is 9.53 Å². The lowest BCUT2D eigenvalue weighted by Crippen LogP contribution is -2.54. The molecular weight excluding hydrogens is 417 g/mol. The zero-order valence-corrected chi connectivity index (χ0v) is 19.1. The Balaban J connectivity index is 2.16. The molecule has 2 aromatic carbocycles. The first-order valence-electron chi connectivity index (χ1n) is 10.6. The van der Waals surface area contributed by atoms with Gasteiger partial charge in [0.05, 0.1) is 6.04 Å². The maximum Gasteiger partial charge on any atom is 0.252 e. The second kappa shape index (κ2) is 10.5. The molecule has 3 nitrogen and oxygen atoms in total. The largest absolute Gasteiger partial charge is 0.358 e. The molecule has 1 saturated heterocycles. The summed E-state index contributed by atoms with van der Waals surface area (Å²) in [6.45, 7) is 8.12. The second-order valence-electron chi connectivity index (χ2n) is 7.72. The molecule has 160 valence electrons. The highest BCUT2D eigenvalue weighted by molar-refractivity contribution is 6.30. The van der Waals surface area contributed by atoms with E-state index in [0.29, 0.717) is 16.5 Å². The first kappa shape index (κ1) is 22.9. The molecule has 4 atom stereocenters. The predicted octanol–water partition coefficient (Wildman–Crippen LogP) is 7.16. The number of halogens is 2. The maximum absolute atomic E-state index is 13.6. The molecule has 0 N–H and O–H groups in total. The Labute approximate surface area is 189 Å². The molecule has 0 saturated carbocycles. The number of carbonyl (C=O) groups is 1. The van der Waals surface area contributed by atoms with E-state index in [2.05, 4.69) is 25.3 Å². The molecule has 0 aromatic heterocycles. The minimum Gasteiger partial charge on any atom is -0.358 e. The van der Waals surface area contributed by atoms with Crippen molar-refractivity contribution in [1.29, 1.82) is 0 Å². The SMILES string of the molecule is C=CC[C@H]1O[C@H](c2cccc(Cl)c2)[C@H](c2ccc(Cl)cc2)N(C(CC)CCC)C1=O. The first-order chi connectivity index (χ1) is 14.5. The summed E-state index contributed by atoms with van der Waals surface area (Å²) < 4.78 is 6.43. The summed E-state index contributed by atoms with van der Waals surface area (Å²) in [6, 6.07) is 15.3. The molecule has 0 radical (unpaired) electrons. The van der Waals surface area contributed by atoms with Gasteiger partial charge in [0, 0.05) is 22.5 Å². The van der Waals surface area contributed by atoms with Gasteiger partial charge in [-0.1, -0.05) is 73.8 Å². The van der Waals surface area contributed by atoms with Crippen LogP contribution in [0, 0.1) is 0 Å². The van der Waals surface area contributed by atoms with Crippen molar-refractivity contribution in [1.82, 2.24) is 4.90 Å². The van der Waals surface area contributed by atoms with Crippen molar-refractivity contribution in [2.45, 2.75) is 63.8 Å². The summed E-state index contributed by atoms with van der Waals surface area (Å²) >= 11 is 12.5. The van der Waals surface area contributed by atoms with Gasteiger partial charge in [0.2, 0.25) is 0 Å². The molecule has 1 amide bonds. The fourth-order valence-corrected chi connectivity index (χ4v) is 4.61. The number of ether oxygens (including phenoxy) is 1. The van der Waals surface area contributed by atoms with E-state index in [1.54, 1.807) is 6.08 Å². The summed E-state index contributed by atoms with van der Waals surface area (Å²) in [6.07, 6.45) is 4.16. The number of hydrogen-bond donors (Lipinski definition) is 0. The molecule has 1 unspecified atom stereocenters. The molecular formula is C25H29Cl2NO2. The topological polar surface area (TPSA) is 29.5 Å². The Kier molecular flexibility index (Phi) is 7.99. The number of morpholine rings is 1. The third kappa shape index (κ3) is 4.91. The van der Waals surface area contributed by atoms with Crippen molar-refractivity contribution in [3.63, 3.8) is 0 Å². The monoisotopic (exact) mass is 445 g/mol. The van der Waals surface area contributed by atoms with Crippen LogP contribution in [0.2, 0.25) is 10.0 Å². The normalized spacial score (nSPS) is 22.7. The van der Waals surface area contributed by atoms with E-state index in [4.69, 9.17) is 27.9 Å². The average molecular weight is 446 g/mol. The van der Waals surface area contributed by atoms with E-state index in [9.17, 15) is 4.79 Å². The van der Waals surface area contributed by atoms with Crippen LogP contribution in [0.3, 0.4) is 0 Å². The fourth-order valence-electron chi connectivity index (χ4n) is 4.29. The summed E-state index contributed by atoms with van der Waals surface area (Å²) in [5, 5.41) is 1.31. The minimum atomic E-state index is -0.555. The van der Waals surface area contributed by atoms with E-state index in [1.807, 2.05) is 48.5 Å². The van der Waals surface area contributed by atoms with Gasteiger partial charge >= 0.3 is 0 Å². The van der Waals surface area contributed by atoms with Gasteiger partial charge in [-0.2, -0.15) is 0 Å². The molecule has 0 aliphatic carbocycles. The average Bonchev–Trinajstić information content (AvgIpc) is 2.74. The van der Waals surface area contributed by atoms with Crippen LogP contribution in [-0.4, -0.2) is 23.0 Å². The summed E-state index contributed by atoms with van der Waals surface area (Å²) in [7, 11) is 0. The Morgan fingerprint density at radius 1 is 1.10 bits per heavy atom. The van der Waals surface area contributed by atoms with E-state index >= 15 is 0 Å². The molecule has 1 aliphatic heterocycles.